The summed E-state index contributed by atoms with van der Waals surface area (Å²) in [6.07, 6.45) is 3.33. The van der Waals surface area contributed by atoms with E-state index in [2.05, 4.69) is 27.0 Å². The second kappa shape index (κ2) is 10.9. The van der Waals surface area contributed by atoms with Crippen LogP contribution < -0.4 is 16.0 Å². The summed E-state index contributed by atoms with van der Waals surface area (Å²) in [4.78, 5) is 20.1. The van der Waals surface area contributed by atoms with Crippen molar-refractivity contribution in [1.82, 2.24) is 15.6 Å². The van der Waals surface area contributed by atoms with Crippen LogP contribution in [-0.4, -0.2) is 36.5 Å². The number of anilines is 1. The van der Waals surface area contributed by atoms with Gasteiger partial charge >= 0.3 is 0 Å². The zero-order chi connectivity index (χ0) is 20.9. The molecule has 8 heteroatoms. The summed E-state index contributed by atoms with van der Waals surface area (Å²) < 4.78 is 0. The average molecular weight is 552 g/mol. The first-order valence-electron chi connectivity index (χ1n) is 10.3. The minimum atomic E-state index is 0. The lowest BCUT2D eigenvalue weighted by molar-refractivity contribution is -0.116. The number of nitrogens with one attached hydrogen (secondary N) is 4. The fourth-order valence-corrected chi connectivity index (χ4v) is 4.05. The molecule has 0 fully saturated rings. The number of fused-ring (bicyclic) bond motifs is 2. The van der Waals surface area contributed by atoms with Gasteiger partial charge in [0, 0.05) is 53.2 Å². The van der Waals surface area contributed by atoms with Crippen LogP contribution in [0.2, 0.25) is 5.02 Å². The first kappa shape index (κ1) is 23.4. The number of hydrogen-bond donors (Lipinski definition) is 4. The second-order valence-corrected chi connectivity index (χ2v) is 7.87. The van der Waals surface area contributed by atoms with E-state index in [0.29, 0.717) is 13.0 Å². The van der Waals surface area contributed by atoms with Gasteiger partial charge in [0.15, 0.2) is 5.96 Å². The Morgan fingerprint density at radius 3 is 2.90 bits per heavy atom. The first-order valence-corrected chi connectivity index (χ1v) is 10.7. The third-order valence-corrected chi connectivity index (χ3v) is 5.57. The summed E-state index contributed by atoms with van der Waals surface area (Å²) in [5.74, 6) is 0.893. The quantitative estimate of drug-likeness (QED) is 0.204. The highest BCUT2D eigenvalue weighted by atomic mass is 127. The first-order chi connectivity index (χ1) is 14.6. The number of aliphatic imine (C=N–C) groups is 1. The molecule has 0 saturated heterocycles. The van der Waals surface area contributed by atoms with Crippen LogP contribution in [0.4, 0.5) is 5.69 Å². The van der Waals surface area contributed by atoms with Gasteiger partial charge in [0.2, 0.25) is 5.91 Å². The molecule has 31 heavy (non-hydrogen) atoms. The summed E-state index contributed by atoms with van der Waals surface area (Å²) in [5, 5.41) is 11.5. The molecule has 4 N–H and O–H groups in total. The molecule has 0 radical (unpaired) electrons. The van der Waals surface area contributed by atoms with Gasteiger partial charge in [-0.2, -0.15) is 0 Å². The van der Waals surface area contributed by atoms with Crippen LogP contribution in [0.1, 0.15) is 30.4 Å². The second-order valence-electron chi connectivity index (χ2n) is 7.44. The number of carbonyl (C=O) groups excluding carboxylic acids is 1. The fraction of sp³-hybridized carbons (Fsp3) is 0.304. The lowest BCUT2D eigenvalue weighted by Crippen LogP contribution is -2.38. The largest absolute Gasteiger partial charge is 0.361 e. The summed E-state index contributed by atoms with van der Waals surface area (Å²) >= 11 is 6.15. The van der Waals surface area contributed by atoms with Crippen molar-refractivity contribution in [1.29, 1.82) is 0 Å². The van der Waals surface area contributed by atoms with Gasteiger partial charge in [-0.15, -0.1) is 24.0 Å². The number of carbonyl (C=O) groups is 1. The molecule has 6 nitrogen and oxygen atoms in total. The number of guanidine groups is 1. The zero-order valence-corrected chi connectivity index (χ0v) is 20.5. The van der Waals surface area contributed by atoms with Crippen molar-refractivity contribution in [3.8, 4) is 0 Å². The molecule has 1 unspecified atom stereocenters. The minimum absolute atomic E-state index is 0. The van der Waals surface area contributed by atoms with E-state index >= 15 is 0 Å². The van der Waals surface area contributed by atoms with E-state index in [1.165, 1.54) is 5.56 Å². The summed E-state index contributed by atoms with van der Waals surface area (Å²) in [6, 6.07) is 13.8. The Hall–Kier alpha value is -2.26. The van der Waals surface area contributed by atoms with E-state index in [1.807, 2.05) is 49.5 Å². The molecular weight excluding hydrogens is 525 g/mol. The lowest BCUT2D eigenvalue weighted by Gasteiger charge is -2.24. The number of hydrogen-bond acceptors (Lipinski definition) is 2. The van der Waals surface area contributed by atoms with Crippen LogP contribution in [-0.2, 0) is 11.2 Å². The molecule has 0 aliphatic carbocycles. The van der Waals surface area contributed by atoms with Gasteiger partial charge in [-0.25, -0.2) is 0 Å². The number of benzene rings is 2. The molecule has 4 rings (SSSR count). The van der Waals surface area contributed by atoms with Crippen molar-refractivity contribution in [2.75, 3.05) is 25.0 Å². The number of nitrogens with zero attached hydrogens (tertiary/aromatic N) is 1. The number of aromatic amines is 1. The van der Waals surface area contributed by atoms with E-state index in [9.17, 15) is 4.79 Å². The Labute approximate surface area is 204 Å². The molecule has 1 aliphatic rings. The van der Waals surface area contributed by atoms with Crippen LogP contribution in [0.3, 0.4) is 0 Å². The molecule has 3 aromatic rings. The van der Waals surface area contributed by atoms with Gasteiger partial charge in [-0.1, -0.05) is 29.8 Å². The highest BCUT2D eigenvalue weighted by Gasteiger charge is 2.24. The van der Waals surface area contributed by atoms with E-state index < -0.39 is 0 Å². The standard InChI is InChI=1S/C23H26ClN5O.HI/c1-2-25-23(26-10-9-15-13-27-20-8-7-17(24)12-19(15)20)28-14-16-11-22(30)29-21-6-4-3-5-18(16)21;/h3-8,12-13,16,27H,2,9-11,14H2,1H3,(H,29,30)(H2,25,26,28);1H. The van der Waals surface area contributed by atoms with Crippen LogP contribution in [0.15, 0.2) is 53.7 Å². The van der Waals surface area contributed by atoms with Crippen molar-refractivity contribution in [3.05, 3.63) is 64.8 Å². The van der Waals surface area contributed by atoms with Crippen LogP contribution in [0, 0.1) is 0 Å². The summed E-state index contributed by atoms with van der Waals surface area (Å²) in [6.45, 7) is 4.12. The van der Waals surface area contributed by atoms with Gasteiger partial charge in [0.25, 0.3) is 0 Å². The topological polar surface area (TPSA) is 81.3 Å². The van der Waals surface area contributed by atoms with E-state index in [-0.39, 0.29) is 35.8 Å². The Balaban J connectivity index is 0.00000272. The van der Waals surface area contributed by atoms with Crippen LogP contribution in [0.25, 0.3) is 10.9 Å². The van der Waals surface area contributed by atoms with Gasteiger partial charge in [-0.05, 0) is 48.7 Å². The molecule has 2 heterocycles. The maximum atomic E-state index is 12.0. The predicted octanol–water partition coefficient (Wildman–Crippen LogP) is 4.66. The number of para-hydroxylation sites is 1. The van der Waals surface area contributed by atoms with Crippen molar-refractivity contribution in [2.24, 2.45) is 4.99 Å². The molecule has 0 bridgehead atoms. The molecule has 1 amide bonds. The van der Waals surface area contributed by atoms with Gasteiger partial charge in [-0.3, -0.25) is 9.79 Å². The number of rotatable bonds is 6. The van der Waals surface area contributed by atoms with Gasteiger partial charge < -0.3 is 20.9 Å². The van der Waals surface area contributed by atoms with E-state index in [1.54, 1.807) is 0 Å². The van der Waals surface area contributed by atoms with Crippen molar-refractivity contribution in [2.45, 2.75) is 25.7 Å². The lowest BCUT2D eigenvalue weighted by atomic mass is 9.91. The third kappa shape index (κ3) is 5.71. The molecule has 1 aromatic heterocycles. The molecule has 0 spiro atoms. The number of aromatic nitrogens is 1. The predicted molar refractivity (Wildman–Crippen MR) is 139 cm³/mol. The monoisotopic (exact) mass is 551 g/mol. The molecule has 0 saturated carbocycles. The number of amides is 1. The highest BCUT2D eigenvalue weighted by Crippen LogP contribution is 2.32. The smallest absolute Gasteiger partial charge is 0.225 e. The molecule has 1 aliphatic heterocycles. The average Bonchev–Trinajstić information content (AvgIpc) is 3.13. The Morgan fingerprint density at radius 1 is 1.23 bits per heavy atom. The van der Waals surface area contributed by atoms with Gasteiger partial charge in [0.05, 0.1) is 6.54 Å². The van der Waals surface area contributed by atoms with Gasteiger partial charge in [0.1, 0.15) is 0 Å². The maximum absolute atomic E-state index is 12.0. The van der Waals surface area contributed by atoms with Crippen LogP contribution in [0.5, 0.6) is 0 Å². The summed E-state index contributed by atoms with van der Waals surface area (Å²) in [7, 11) is 0. The minimum Gasteiger partial charge on any atom is -0.361 e. The SMILES string of the molecule is CCNC(=NCC1CC(=O)Nc2ccccc21)NCCc1c[nH]c2ccc(Cl)cc12.I. The van der Waals surface area contributed by atoms with Crippen molar-refractivity contribution in [3.63, 3.8) is 0 Å². The van der Waals surface area contributed by atoms with E-state index in [4.69, 9.17) is 16.6 Å². The molecule has 2 aromatic carbocycles. The molecular formula is C23H27ClIN5O. The van der Waals surface area contributed by atoms with Crippen molar-refractivity contribution < 1.29 is 4.79 Å². The Kier molecular flexibility index (Phi) is 8.20. The van der Waals surface area contributed by atoms with Crippen molar-refractivity contribution >= 4 is 64.0 Å². The summed E-state index contributed by atoms with van der Waals surface area (Å²) in [5.41, 5.74) is 4.34. The zero-order valence-electron chi connectivity index (χ0n) is 17.4. The van der Waals surface area contributed by atoms with Crippen LogP contribution >= 0.6 is 35.6 Å². The highest BCUT2D eigenvalue weighted by molar-refractivity contribution is 14.0. The fourth-order valence-electron chi connectivity index (χ4n) is 3.88. The Morgan fingerprint density at radius 2 is 2.06 bits per heavy atom. The number of H-pyrrole nitrogens is 1. The van der Waals surface area contributed by atoms with E-state index in [0.717, 1.165) is 52.6 Å². The Bertz CT molecular complexity index is 1080. The number of halogens is 2. The molecule has 1 atom stereocenters. The molecule has 164 valence electrons. The third-order valence-electron chi connectivity index (χ3n) is 5.34. The normalized spacial score (nSPS) is 15.7. The maximum Gasteiger partial charge on any atom is 0.225 e.